The lowest BCUT2D eigenvalue weighted by Crippen LogP contribution is -2.26. The molecule has 1 amide bonds. The Bertz CT molecular complexity index is 432. The lowest BCUT2D eigenvalue weighted by atomic mass is 10.3. The van der Waals surface area contributed by atoms with Crippen molar-refractivity contribution in [1.29, 1.82) is 0 Å². The molecule has 0 aliphatic carbocycles. The predicted octanol–water partition coefficient (Wildman–Crippen LogP) is 0.558. The molecule has 4 N–H and O–H groups in total. The topological polar surface area (TPSA) is 88.7 Å². The molecule has 18 heavy (non-hydrogen) atoms. The average Bonchev–Trinajstić information content (AvgIpc) is 2.34. The standard InChI is InChI=1S/C12H18N4O2/c1-9(17)14-6-7-15-12(13)16-10-4-3-5-11(8-10)18-2/h3-5,8H,6-7H2,1-2H3,(H,14,17)(H3,13,15,16). The Hall–Kier alpha value is -2.24. The smallest absolute Gasteiger partial charge is 0.216 e. The summed E-state index contributed by atoms with van der Waals surface area (Å²) in [5.41, 5.74) is 6.50. The monoisotopic (exact) mass is 250 g/mol. The van der Waals surface area contributed by atoms with Crippen molar-refractivity contribution in [3.8, 4) is 5.75 Å². The van der Waals surface area contributed by atoms with Crippen LogP contribution < -0.4 is 21.1 Å². The highest BCUT2D eigenvalue weighted by Gasteiger charge is 1.97. The van der Waals surface area contributed by atoms with Crippen molar-refractivity contribution in [2.45, 2.75) is 6.92 Å². The first kappa shape index (κ1) is 13.8. The van der Waals surface area contributed by atoms with Gasteiger partial charge >= 0.3 is 0 Å². The summed E-state index contributed by atoms with van der Waals surface area (Å²) in [5, 5.41) is 5.57. The van der Waals surface area contributed by atoms with Crippen molar-refractivity contribution in [2.75, 3.05) is 25.5 Å². The summed E-state index contributed by atoms with van der Waals surface area (Å²) >= 11 is 0. The number of aliphatic imine (C=N–C) groups is 1. The molecule has 98 valence electrons. The van der Waals surface area contributed by atoms with Gasteiger partial charge in [0.05, 0.1) is 13.7 Å². The number of hydrogen-bond donors (Lipinski definition) is 3. The minimum Gasteiger partial charge on any atom is -0.497 e. The van der Waals surface area contributed by atoms with Crippen LogP contribution in [0.15, 0.2) is 29.3 Å². The first-order chi connectivity index (χ1) is 8.61. The number of rotatable bonds is 5. The van der Waals surface area contributed by atoms with Gasteiger partial charge < -0.3 is 21.1 Å². The van der Waals surface area contributed by atoms with Crippen LogP contribution in [0.2, 0.25) is 0 Å². The van der Waals surface area contributed by atoms with Gasteiger partial charge in [-0.15, -0.1) is 0 Å². The second-order valence-electron chi connectivity index (χ2n) is 3.61. The van der Waals surface area contributed by atoms with Crippen LogP contribution in [0.1, 0.15) is 6.92 Å². The third-order valence-corrected chi connectivity index (χ3v) is 2.11. The SMILES string of the molecule is COc1cccc(NC(N)=NCCNC(C)=O)c1. The fourth-order valence-electron chi connectivity index (χ4n) is 1.30. The summed E-state index contributed by atoms with van der Waals surface area (Å²) in [6, 6.07) is 7.37. The molecule has 1 aromatic carbocycles. The largest absolute Gasteiger partial charge is 0.497 e. The fourth-order valence-corrected chi connectivity index (χ4v) is 1.30. The van der Waals surface area contributed by atoms with Gasteiger partial charge in [0.25, 0.3) is 0 Å². The molecule has 1 aromatic rings. The molecule has 0 atom stereocenters. The van der Waals surface area contributed by atoms with Crippen molar-refractivity contribution in [2.24, 2.45) is 10.7 Å². The number of amides is 1. The quantitative estimate of drug-likeness (QED) is 0.404. The van der Waals surface area contributed by atoms with Crippen molar-refractivity contribution in [1.82, 2.24) is 5.32 Å². The van der Waals surface area contributed by atoms with Crippen LogP contribution in [0.5, 0.6) is 5.75 Å². The van der Waals surface area contributed by atoms with E-state index in [1.54, 1.807) is 7.11 Å². The lowest BCUT2D eigenvalue weighted by Gasteiger charge is -2.07. The maximum absolute atomic E-state index is 10.6. The zero-order valence-corrected chi connectivity index (χ0v) is 10.6. The van der Waals surface area contributed by atoms with Crippen LogP contribution in [0.3, 0.4) is 0 Å². The molecule has 0 aromatic heterocycles. The second kappa shape index (κ2) is 7.16. The van der Waals surface area contributed by atoms with Crippen LogP contribution in [0.25, 0.3) is 0 Å². The van der Waals surface area contributed by atoms with E-state index in [2.05, 4.69) is 15.6 Å². The molecule has 0 saturated heterocycles. The molecule has 6 heteroatoms. The third-order valence-electron chi connectivity index (χ3n) is 2.11. The van der Waals surface area contributed by atoms with Crippen LogP contribution in [0, 0.1) is 0 Å². The first-order valence-corrected chi connectivity index (χ1v) is 5.57. The van der Waals surface area contributed by atoms with Gasteiger partial charge in [0.1, 0.15) is 5.75 Å². The summed E-state index contributed by atoms with van der Waals surface area (Å²) in [5.74, 6) is 0.962. The predicted molar refractivity (Wildman–Crippen MR) is 71.8 cm³/mol. The van der Waals surface area contributed by atoms with Gasteiger partial charge in [0, 0.05) is 25.2 Å². The van der Waals surface area contributed by atoms with E-state index in [4.69, 9.17) is 10.5 Å². The minimum absolute atomic E-state index is 0.0791. The Morgan fingerprint density at radius 3 is 2.94 bits per heavy atom. The molecular weight excluding hydrogens is 232 g/mol. The van der Waals surface area contributed by atoms with E-state index in [-0.39, 0.29) is 5.91 Å². The van der Waals surface area contributed by atoms with Gasteiger partial charge in [0.15, 0.2) is 5.96 Å². The van der Waals surface area contributed by atoms with E-state index in [1.807, 2.05) is 24.3 Å². The first-order valence-electron chi connectivity index (χ1n) is 5.57. The highest BCUT2D eigenvalue weighted by Crippen LogP contribution is 2.16. The molecule has 1 rings (SSSR count). The van der Waals surface area contributed by atoms with Gasteiger partial charge in [-0.1, -0.05) is 6.07 Å². The summed E-state index contributed by atoms with van der Waals surface area (Å²) in [6.07, 6.45) is 0. The highest BCUT2D eigenvalue weighted by atomic mass is 16.5. The Morgan fingerprint density at radius 2 is 2.28 bits per heavy atom. The number of anilines is 1. The molecule has 0 bridgehead atoms. The number of benzene rings is 1. The molecule has 0 heterocycles. The van der Waals surface area contributed by atoms with E-state index in [9.17, 15) is 4.79 Å². The number of carbonyl (C=O) groups is 1. The number of methoxy groups -OCH3 is 1. The molecule has 0 fully saturated rings. The zero-order chi connectivity index (χ0) is 13.4. The molecule has 6 nitrogen and oxygen atoms in total. The number of nitrogens with one attached hydrogen (secondary N) is 2. The summed E-state index contributed by atoms with van der Waals surface area (Å²) in [6.45, 7) is 2.36. The van der Waals surface area contributed by atoms with E-state index in [1.165, 1.54) is 6.92 Å². The van der Waals surface area contributed by atoms with E-state index in [0.29, 0.717) is 19.0 Å². The normalized spacial score (nSPS) is 10.9. The third kappa shape index (κ3) is 5.20. The Kier molecular flexibility index (Phi) is 5.50. The van der Waals surface area contributed by atoms with Crippen molar-refractivity contribution >= 4 is 17.6 Å². The maximum atomic E-state index is 10.6. The van der Waals surface area contributed by atoms with Gasteiger partial charge in [0.2, 0.25) is 5.91 Å². The van der Waals surface area contributed by atoms with Gasteiger partial charge in [-0.3, -0.25) is 9.79 Å². The van der Waals surface area contributed by atoms with E-state index >= 15 is 0 Å². The molecule has 0 aliphatic rings. The van der Waals surface area contributed by atoms with Crippen LogP contribution in [-0.2, 0) is 4.79 Å². The molecule has 0 radical (unpaired) electrons. The molecule has 0 spiro atoms. The van der Waals surface area contributed by atoms with Crippen molar-refractivity contribution < 1.29 is 9.53 Å². The Labute approximate surface area is 106 Å². The number of nitrogens with zero attached hydrogens (tertiary/aromatic N) is 1. The fraction of sp³-hybridized carbons (Fsp3) is 0.333. The maximum Gasteiger partial charge on any atom is 0.216 e. The molecule has 0 aliphatic heterocycles. The number of guanidine groups is 1. The lowest BCUT2D eigenvalue weighted by molar-refractivity contribution is -0.118. The van der Waals surface area contributed by atoms with Crippen molar-refractivity contribution in [3.05, 3.63) is 24.3 Å². The zero-order valence-electron chi connectivity index (χ0n) is 10.6. The van der Waals surface area contributed by atoms with Gasteiger partial charge in [-0.2, -0.15) is 0 Å². The number of hydrogen-bond acceptors (Lipinski definition) is 3. The number of nitrogens with two attached hydrogens (primary N) is 1. The Balaban J connectivity index is 2.45. The minimum atomic E-state index is -0.0791. The van der Waals surface area contributed by atoms with E-state index in [0.717, 1.165) is 11.4 Å². The van der Waals surface area contributed by atoms with Crippen LogP contribution in [-0.4, -0.2) is 32.1 Å². The summed E-state index contributed by atoms with van der Waals surface area (Å²) in [4.78, 5) is 14.7. The number of carbonyl (C=O) groups excluding carboxylic acids is 1. The van der Waals surface area contributed by atoms with Gasteiger partial charge in [-0.25, -0.2) is 0 Å². The Morgan fingerprint density at radius 1 is 1.50 bits per heavy atom. The molecular formula is C12H18N4O2. The van der Waals surface area contributed by atoms with Gasteiger partial charge in [-0.05, 0) is 12.1 Å². The van der Waals surface area contributed by atoms with Crippen LogP contribution >= 0.6 is 0 Å². The van der Waals surface area contributed by atoms with E-state index < -0.39 is 0 Å². The highest BCUT2D eigenvalue weighted by molar-refractivity contribution is 5.92. The summed E-state index contributed by atoms with van der Waals surface area (Å²) in [7, 11) is 1.60. The van der Waals surface area contributed by atoms with Crippen molar-refractivity contribution in [3.63, 3.8) is 0 Å². The second-order valence-corrected chi connectivity index (χ2v) is 3.61. The summed E-state index contributed by atoms with van der Waals surface area (Å²) < 4.78 is 5.09. The molecule has 0 unspecified atom stereocenters. The number of ether oxygens (including phenoxy) is 1. The van der Waals surface area contributed by atoms with Crippen LogP contribution in [0.4, 0.5) is 5.69 Å². The average molecular weight is 250 g/mol. The molecule has 0 saturated carbocycles.